The Balaban J connectivity index is 2.44. The van der Waals surface area contributed by atoms with Crippen molar-refractivity contribution >= 4 is 34.1 Å². The zero-order chi connectivity index (χ0) is 20.6. The van der Waals surface area contributed by atoms with Gasteiger partial charge in [0, 0.05) is 28.9 Å². The molecule has 0 saturated carbocycles. The van der Waals surface area contributed by atoms with Crippen LogP contribution in [0.4, 0.5) is 18.9 Å². The lowest BCUT2D eigenvalue weighted by atomic mass is 9.83. The van der Waals surface area contributed by atoms with Crippen molar-refractivity contribution in [1.82, 2.24) is 4.98 Å². The van der Waals surface area contributed by atoms with E-state index in [1.54, 1.807) is 0 Å². The van der Waals surface area contributed by atoms with E-state index in [4.69, 9.17) is 22.3 Å². The maximum Gasteiger partial charge on any atom is 0.433 e. The Hall–Kier alpha value is -3.41. The molecule has 28 heavy (non-hydrogen) atoms. The Bertz CT molecular complexity index is 1080. The van der Waals surface area contributed by atoms with Crippen LogP contribution in [0.1, 0.15) is 40.8 Å². The predicted octanol–water partition coefficient (Wildman–Crippen LogP) is 3.45. The van der Waals surface area contributed by atoms with Gasteiger partial charge in [0.05, 0.1) is 22.5 Å². The van der Waals surface area contributed by atoms with Crippen LogP contribution in [0, 0.1) is 22.1 Å². The molecule has 1 aromatic heterocycles. The molecule has 0 radical (unpaired) electrons. The quantitative estimate of drug-likeness (QED) is 0.474. The van der Waals surface area contributed by atoms with Gasteiger partial charge in [-0.15, -0.1) is 0 Å². The third-order valence-corrected chi connectivity index (χ3v) is 4.91. The lowest BCUT2D eigenvalue weighted by Crippen LogP contribution is -2.25. The fourth-order valence-electron chi connectivity index (χ4n) is 3.64. The smallest absolute Gasteiger partial charge is 0.404 e. The van der Waals surface area contributed by atoms with Gasteiger partial charge in [-0.05, 0) is 42.9 Å². The number of aromatic nitrogens is 1. The highest BCUT2D eigenvalue weighted by molar-refractivity contribution is 6.25. The van der Waals surface area contributed by atoms with E-state index in [2.05, 4.69) is 4.98 Å². The second-order valence-corrected chi connectivity index (χ2v) is 6.48. The summed E-state index contributed by atoms with van der Waals surface area (Å²) in [5.74, 6) is 0. The van der Waals surface area contributed by atoms with Gasteiger partial charge in [-0.25, -0.2) is 4.98 Å². The molecule has 2 aromatic rings. The molecule has 0 bridgehead atoms. The molecule has 3 rings (SSSR count). The highest BCUT2D eigenvalue weighted by Gasteiger charge is 2.38. The summed E-state index contributed by atoms with van der Waals surface area (Å²) in [4.78, 5) is 4.35. The summed E-state index contributed by atoms with van der Waals surface area (Å²) in [7, 11) is 0. The molecular weight excluding hydrogens is 369 g/mol. The number of benzene rings is 1. The molecule has 1 aliphatic carbocycles. The minimum absolute atomic E-state index is 0.00313. The molecular formula is C19H17F3N6. The minimum atomic E-state index is -4.87. The van der Waals surface area contributed by atoms with Gasteiger partial charge in [0.15, 0.2) is 0 Å². The van der Waals surface area contributed by atoms with Gasteiger partial charge >= 0.3 is 6.18 Å². The monoisotopic (exact) mass is 386 g/mol. The number of allylic oxidation sites excluding steroid dienone is 1. The van der Waals surface area contributed by atoms with Crippen molar-refractivity contribution in [1.29, 1.82) is 16.1 Å². The Morgan fingerprint density at radius 3 is 2.43 bits per heavy atom. The van der Waals surface area contributed by atoms with Crippen molar-refractivity contribution < 1.29 is 13.2 Å². The first-order chi connectivity index (χ1) is 13.2. The third-order valence-electron chi connectivity index (χ3n) is 4.91. The summed E-state index contributed by atoms with van der Waals surface area (Å²) in [6.45, 7) is 0. The number of pyridine rings is 1. The maximum absolute atomic E-state index is 13.2. The van der Waals surface area contributed by atoms with Crippen LogP contribution >= 0.6 is 0 Å². The molecule has 0 fully saturated rings. The number of hydrogen-bond donors (Lipinski definition) is 4. The highest BCUT2D eigenvalue weighted by atomic mass is 19.4. The second kappa shape index (κ2) is 6.96. The van der Waals surface area contributed by atoms with Crippen LogP contribution < -0.4 is 11.5 Å². The van der Waals surface area contributed by atoms with E-state index < -0.39 is 17.5 Å². The second-order valence-electron chi connectivity index (χ2n) is 6.48. The molecule has 1 aromatic carbocycles. The number of fused-ring (bicyclic) bond motifs is 3. The molecule has 6 N–H and O–H groups in total. The SMILES string of the molecule is N#Cc1cc2nc(/C(=C/N)C(=N)C(F)(F)F)c3c(c2c(C=N)c1N)CCCC3. The number of nitriles is 1. The van der Waals surface area contributed by atoms with Gasteiger partial charge in [0.2, 0.25) is 0 Å². The maximum atomic E-state index is 13.2. The molecule has 0 unspecified atom stereocenters. The Labute approximate surface area is 158 Å². The first-order valence-corrected chi connectivity index (χ1v) is 8.51. The van der Waals surface area contributed by atoms with E-state index in [0.717, 1.165) is 30.8 Å². The van der Waals surface area contributed by atoms with E-state index in [9.17, 15) is 18.4 Å². The number of hydrogen-bond acceptors (Lipinski definition) is 6. The van der Waals surface area contributed by atoms with Gasteiger partial charge in [0.25, 0.3) is 0 Å². The summed E-state index contributed by atoms with van der Waals surface area (Å²) < 4.78 is 39.5. The Morgan fingerprint density at radius 1 is 1.25 bits per heavy atom. The third kappa shape index (κ3) is 2.97. The fraction of sp³-hybridized carbons (Fsp3) is 0.263. The van der Waals surface area contributed by atoms with Gasteiger partial charge in [-0.1, -0.05) is 0 Å². The van der Waals surface area contributed by atoms with E-state index >= 15 is 0 Å². The largest absolute Gasteiger partial charge is 0.433 e. The molecule has 6 nitrogen and oxygen atoms in total. The van der Waals surface area contributed by atoms with Crippen LogP contribution in [0.15, 0.2) is 12.3 Å². The molecule has 9 heteroatoms. The van der Waals surface area contributed by atoms with E-state index in [-0.39, 0.29) is 22.5 Å². The molecule has 0 atom stereocenters. The topological polar surface area (TPSA) is 136 Å². The Morgan fingerprint density at radius 2 is 1.89 bits per heavy atom. The molecule has 0 spiro atoms. The van der Waals surface area contributed by atoms with Crippen molar-refractivity contribution in [3.8, 4) is 6.07 Å². The molecule has 1 heterocycles. The number of anilines is 1. The number of rotatable bonds is 3. The van der Waals surface area contributed by atoms with Crippen LogP contribution in [0.5, 0.6) is 0 Å². The van der Waals surface area contributed by atoms with Crippen LogP contribution in [-0.2, 0) is 12.8 Å². The van der Waals surface area contributed by atoms with Crippen LogP contribution in [0.3, 0.4) is 0 Å². The van der Waals surface area contributed by atoms with Gasteiger partial charge in [-0.2, -0.15) is 18.4 Å². The summed E-state index contributed by atoms with van der Waals surface area (Å²) in [5, 5.41) is 25.1. The first kappa shape index (κ1) is 19.4. The number of nitrogens with one attached hydrogen (secondary N) is 2. The minimum Gasteiger partial charge on any atom is -0.404 e. The zero-order valence-electron chi connectivity index (χ0n) is 14.7. The summed E-state index contributed by atoms with van der Waals surface area (Å²) >= 11 is 0. The first-order valence-electron chi connectivity index (χ1n) is 8.51. The number of halogens is 3. The number of aryl methyl sites for hydroxylation is 1. The van der Waals surface area contributed by atoms with Crippen molar-refractivity contribution in [2.75, 3.05) is 5.73 Å². The van der Waals surface area contributed by atoms with Crippen LogP contribution in [-0.4, -0.2) is 23.1 Å². The predicted molar refractivity (Wildman–Crippen MR) is 101 cm³/mol. The lowest BCUT2D eigenvalue weighted by molar-refractivity contribution is -0.0578. The summed E-state index contributed by atoms with van der Waals surface area (Å²) in [6.07, 6.45) is -0.455. The van der Waals surface area contributed by atoms with Crippen LogP contribution in [0.2, 0.25) is 0 Å². The number of nitrogen functional groups attached to an aromatic ring is 1. The molecule has 0 saturated heterocycles. The van der Waals surface area contributed by atoms with Gasteiger partial charge < -0.3 is 16.9 Å². The van der Waals surface area contributed by atoms with Crippen molar-refractivity contribution in [2.24, 2.45) is 5.73 Å². The number of alkyl halides is 3. The van der Waals surface area contributed by atoms with Gasteiger partial charge in [-0.3, -0.25) is 5.41 Å². The van der Waals surface area contributed by atoms with Crippen LogP contribution in [0.25, 0.3) is 16.5 Å². The molecule has 144 valence electrons. The van der Waals surface area contributed by atoms with E-state index in [1.165, 1.54) is 6.07 Å². The van der Waals surface area contributed by atoms with Crippen molar-refractivity contribution in [2.45, 2.75) is 31.9 Å². The fourth-order valence-corrected chi connectivity index (χ4v) is 3.64. The van der Waals surface area contributed by atoms with Crippen molar-refractivity contribution in [3.05, 3.63) is 40.2 Å². The van der Waals surface area contributed by atoms with Gasteiger partial charge in [0.1, 0.15) is 11.8 Å². The lowest BCUT2D eigenvalue weighted by Gasteiger charge is -2.24. The van der Waals surface area contributed by atoms with E-state index in [0.29, 0.717) is 29.4 Å². The average Bonchev–Trinajstić information content (AvgIpc) is 2.67. The van der Waals surface area contributed by atoms with E-state index in [1.807, 2.05) is 6.07 Å². The highest BCUT2D eigenvalue weighted by Crippen LogP contribution is 2.38. The molecule has 1 aliphatic rings. The number of nitrogens with zero attached hydrogens (tertiary/aromatic N) is 2. The van der Waals surface area contributed by atoms with Crippen molar-refractivity contribution in [3.63, 3.8) is 0 Å². The zero-order valence-corrected chi connectivity index (χ0v) is 14.7. The summed E-state index contributed by atoms with van der Waals surface area (Å²) in [6, 6.07) is 3.33. The standard InChI is InChI=1S/C19H17F3N6/c20-19(21,22)18(27)13(8-25)17-11-4-2-1-3-10(11)15-12(7-24)16(26)9(6-23)5-14(15)28-17/h5,7-8,24,27H,1-4,25-26H2/b13-8-,24-7?,27-18?. The summed E-state index contributed by atoms with van der Waals surface area (Å²) in [5.41, 5.74) is 11.6. The average molecular weight is 386 g/mol. The Kier molecular flexibility index (Phi) is 4.81. The molecule has 0 amide bonds. The molecule has 0 aliphatic heterocycles. The normalized spacial score (nSPS) is 14.4. The number of nitrogens with two attached hydrogens (primary N) is 2.